The van der Waals surface area contributed by atoms with Gasteiger partial charge >= 0.3 is 0 Å². The van der Waals surface area contributed by atoms with Crippen LogP contribution in [0, 0.1) is 22.7 Å². The summed E-state index contributed by atoms with van der Waals surface area (Å²) in [5.41, 5.74) is -0.842. The van der Waals surface area contributed by atoms with Gasteiger partial charge in [-0.15, -0.1) is 0 Å². The molecule has 1 saturated heterocycles. The maximum Gasteiger partial charge on any atom is 0.240 e. The van der Waals surface area contributed by atoms with E-state index < -0.39 is 5.41 Å². The summed E-state index contributed by atoms with van der Waals surface area (Å²) in [6.45, 7) is 6.02. The molecule has 0 bridgehead atoms. The highest BCUT2D eigenvalue weighted by atomic mass is 16.5. The standard InChI is InChI=1S/C13H22N2O2/c1-3-13(4-2,10-14)12(16)15-9-11-5-7-17-8-6-11/h11H,3-9H2,1-2H3,(H,15,16). The van der Waals surface area contributed by atoms with E-state index in [4.69, 9.17) is 10.00 Å². The van der Waals surface area contributed by atoms with Crippen LogP contribution in [0.4, 0.5) is 0 Å². The topological polar surface area (TPSA) is 62.1 Å². The normalized spacial score (nSPS) is 17.5. The minimum atomic E-state index is -0.842. The van der Waals surface area contributed by atoms with Crippen LogP contribution in [0.2, 0.25) is 0 Å². The molecule has 1 aliphatic rings. The van der Waals surface area contributed by atoms with E-state index in [-0.39, 0.29) is 5.91 Å². The van der Waals surface area contributed by atoms with Crippen molar-refractivity contribution in [2.75, 3.05) is 19.8 Å². The molecule has 1 fully saturated rings. The lowest BCUT2D eigenvalue weighted by molar-refractivity contribution is -0.128. The quantitative estimate of drug-likeness (QED) is 0.795. The molecule has 0 unspecified atom stereocenters. The summed E-state index contributed by atoms with van der Waals surface area (Å²) in [5.74, 6) is 0.384. The number of rotatable bonds is 5. The Morgan fingerprint density at radius 1 is 1.41 bits per heavy atom. The van der Waals surface area contributed by atoms with E-state index in [0.29, 0.717) is 25.3 Å². The Kier molecular flexibility index (Phi) is 5.43. The van der Waals surface area contributed by atoms with E-state index in [1.54, 1.807) is 0 Å². The predicted molar refractivity (Wildman–Crippen MR) is 65.2 cm³/mol. The zero-order valence-electron chi connectivity index (χ0n) is 10.8. The van der Waals surface area contributed by atoms with Gasteiger partial charge in [-0.3, -0.25) is 4.79 Å². The van der Waals surface area contributed by atoms with Crippen molar-refractivity contribution in [1.82, 2.24) is 5.32 Å². The summed E-state index contributed by atoms with van der Waals surface area (Å²) >= 11 is 0. The molecule has 1 aliphatic heterocycles. The number of nitrogens with one attached hydrogen (secondary N) is 1. The van der Waals surface area contributed by atoms with Crippen molar-refractivity contribution in [2.45, 2.75) is 39.5 Å². The second-order valence-electron chi connectivity index (χ2n) is 4.67. The van der Waals surface area contributed by atoms with Crippen LogP contribution in [0.25, 0.3) is 0 Å². The summed E-state index contributed by atoms with van der Waals surface area (Å²) in [4.78, 5) is 12.0. The monoisotopic (exact) mass is 238 g/mol. The Balaban J connectivity index is 2.45. The summed E-state index contributed by atoms with van der Waals surface area (Å²) in [5, 5.41) is 12.1. The first-order valence-electron chi connectivity index (χ1n) is 6.45. The van der Waals surface area contributed by atoms with Crippen LogP contribution in [0.15, 0.2) is 0 Å². The fourth-order valence-corrected chi connectivity index (χ4v) is 2.14. The predicted octanol–water partition coefficient (Wildman–Crippen LogP) is 1.86. The van der Waals surface area contributed by atoms with Gasteiger partial charge in [-0.25, -0.2) is 0 Å². The molecule has 0 spiro atoms. The second kappa shape index (κ2) is 6.61. The summed E-state index contributed by atoms with van der Waals surface area (Å²) < 4.78 is 5.27. The van der Waals surface area contributed by atoms with Crippen LogP contribution in [0.5, 0.6) is 0 Å². The van der Waals surface area contributed by atoms with E-state index in [1.165, 1.54) is 0 Å². The molecule has 17 heavy (non-hydrogen) atoms. The third-order valence-electron chi connectivity index (χ3n) is 3.75. The van der Waals surface area contributed by atoms with E-state index in [1.807, 2.05) is 13.8 Å². The Labute approximate surface area is 103 Å². The van der Waals surface area contributed by atoms with E-state index >= 15 is 0 Å². The number of amides is 1. The molecule has 1 amide bonds. The Hall–Kier alpha value is -1.08. The van der Waals surface area contributed by atoms with Gasteiger partial charge in [-0.2, -0.15) is 5.26 Å². The molecule has 1 rings (SSSR count). The smallest absolute Gasteiger partial charge is 0.240 e. The fraction of sp³-hybridized carbons (Fsp3) is 0.846. The largest absolute Gasteiger partial charge is 0.381 e. The lowest BCUT2D eigenvalue weighted by Gasteiger charge is -2.26. The van der Waals surface area contributed by atoms with Crippen LogP contribution in [0.3, 0.4) is 0 Å². The minimum absolute atomic E-state index is 0.114. The van der Waals surface area contributed by atoms with Gasteiger partial charge in [0.05, 0.1) is 6.07 Å². The van der Waals surface area contributed by atoms with Crippen molar-refractivity contribution in [3.05, 3.63) is 0 Å². The molecular formula is C13H22N2O2. The molecule has 0 aromatic heterocycles. The molecule has 4 heteroatoms. The summed E-state index contributed by atoms with van der Waals surface area (Å²) in [6.07, 6.45) is 3.13. The van der Waals surface area contributed by atoms with Gasteiger partial charge in [0.2, 0.25) is 5.91 Å². The number of nitriles is 1. The van der Waals surface area contributed by atoms with Gasteiger partial charge in [0.15, 0.2) is 0 Å². The van der Waals surface area contributed by atoms with Crippen molar-refractivity contribution in [2.24, 2.45) is 11.3 Å². The maximum absolute atomic E-state index is 12.0. The van der Waals surface area contributed by atoms with Crippen LogP contribution in [-0.4, -0.2) is 25.7 Å². The van der Waals surface area contributed by atoms with Gasteiger partial charge < -0.3 is 10.1 Å². The van der Waals surface area contributed by atoms with Crippen molar-refractivity contribution in [1.29, 1.82) is 5.26 Å². The number of hydrogen-bond acceptors (Lipinski definition) is 3. The highest BCUT2D eigenvalue weighted by molar-refractivity contribution is 5.85. The third-order valence-corrected chi connectivity index (χ3v) is 3.75. The zero-order chi connectivity index (χ0) is 12.7. The molecule has 0 aromatic rings. The Morgan fingerprint density at radius 2 is 2.00 bits per heavy atom. The van der Waals surface area contributed by atoms with Gasteiger partial charge in [0.1, 0.15) is 5.41 Å². The van der Waals surface area contributed by atoms with Crippen LogP contribution < -0.4 is 5.32 Å². The average Bonchev–Trinajstić information content (AvgIpc) is 2.40. The molecular weight excluding hydrogens is 216 g/mol. The molecule has 0 aromatic carbocycles. The molecule has 0 radical (unpaired) electrons. The van der Waals surface area contributed by atoms with Gasteiger partial charge in [0, 0.05) is 19.8 Å². The molecule has 96 valence electrons. The number of hydrogen-bond donors (Lipinski definition) is 1. The molecule has 0 atom stereocenters. The second-order valence-corrected chi connectivity index (χ2v) is 4.67. The first-order valence-corrected chi connectivity index (χ1v) is 6.45. The zero-order valence-corrected chi connectivity index (χ0v) is 10.8. The summed E-state index contributed by atoms with van der Waals surface area (Å²) in [7, 11) is 0. The van der Waals surface area contributed by atoms with Crippen LogP contribution >= 0.6 is 0 Å². The fourth-order valence-electron chi connectivity index (χ4n) is 2.14. The van der Waals surface area contributed by atoms with E-state index in [9.17, 15) is 4.79 Å². The third kappa shape index (κ3) is 3.44. The molecule has 1 heterocycles. The number of carbonyl (C=O) groups is 1. The SMILES string of the molecule is CCC(C#N)(CC)C(=O)NCC1CCOCC1. The number of ether oxygens (including phenoxy) is 1. The highest BCUT2D eigenvalue weighted by Gasteiger charge is 2.35. The molecule has 0 saturated carbocycles. The highest BCUT2D eigenvalue weighted by Crippen LogP contribution is 2.25. The van der Waals surface area contributed by atoms with Crippen molar-refractivity contribution in [3.63, 3.8) is 0 Å². The number of nitrogens with zero attached hydrogens (tertiary/aromatic N) is 1. The summed E-state index contributed by atoms with van der Waals surface area (Å²) in [6, 6.07) is 2.17. The first kappa shape index (κ1) is 14.0. The molecule has 0 aliphatic carbocycles. The lowest BCUT2D eigenvalue weighted by Crippen LogP contribution is -2.42. The van der Waals surface area contributed by atoms with E-state index in [2.05, 4.69) is 11.4 Å². The van der Waals surface area contributed by atoms with Crippen molar-refractivity contribution >= 4 is 5.91 Å². The minimum Gasteiger partial charge on any atom is -0.381 e. The lowest BCUT2D eigenvalue weighted by atomic mass is 9.83. The van der Waals surface area contributed by atoms with Gasteiger partial charge in [-0.1, -0.05) is 13.8 Å². The van der Waals surface area contributed by atoms with Gasteiger partial charge in [0.25, 0.3) is 0 Å². The average molecular weight is 238 g/mol. The van der Waals surface area contributed by atoms with Crippen molar-refractivity contribution < 1.29 is 9.53 Å². The Bertz CT molecular complexity index is 286. The first-order chi connectivity index (χ1) is 8.18. The number of carbonyl (C=O) groups excluding carboxylic acids is 1. The molecule has 1 N–H and O–H groups in total. The Morgan fingerprint density at radius 3 is 2.47 bits per heavy atom. The van der Waals surface area contributed by atoms with Crippen LogP contribution in [0.1, 0.15) is 39.5 Å². The van der Waals surface area contributed by atoms with E-state index in [0.717, 1.165) is 26.1 Å². The maximum atomic E-state index is 12.0. The van der Waals surface area contributed by atoms with Crippen LogP contribution in [-0.2, 0) is 9.53 Å². The van der Waals surface area contributed by atoms with Gasteiger partial charge in [-0.05, 0) is 31.6 Å². The van der Waals surface area contributed by atoms with Crippen molar-refractivity contribution in [3.8, 4) is 6.07 Å². The molecule has 4 nitrogen and oxygen atoms in total.